The first kappa shape index (κ1) is 33.5. The van der Waals surface area contributed by atoms with Gasteiger partial charge in [-0.15, -0.1) is 0 Å². The average molecular weight is 661 g/mol. The smallest absolute Gasteiger partial charge is 0.428 e. The number of nitrogens with one attached hydrogen (secondary N) is 2. The van der Waals surface area contributed by atoms with Crippen molar-refractivity contribution in [3.8, 4) is 5.75 Å². The second kappa shape index (κ2) is 13.5. The minimum atomic E-state index is -4.99. The highest BCUT2D eigenvalue weighted by Gasteiger charge is 2.47. The van der Waals surface area contributed by atoms with Crippen LogP contribution in [0.4, 0.5) is 39.9 Å². The summed E-state index contributed by atoms with van der Waals surface area (Å²) >= 11 is 0. The number of hydrogen-bond acceptors (Lipinski definition) is 2. The third kappa shape index (κ3) is 8.11. The monoisotopic (exact) mass is 660 g/mol. The number of rotatable bonds is 11. The van der Waals surface area contributed by atoms with Crippen molar-refractivity contribution in [1.29, 1.82) is 0 Å². The number of carbonyl (C=O) groups is 1. The van der Waals surface area contributed by atoms with Gasteiger partial charge >= 0.3 is 18.6 Å². The number of urea groups is 1. The van der Waals surface area contributed by atoms with Crippen molar-refractivity contribution in [2.45, 2.75) is 49.3 Å². The van der Waals surface area contributed by atoms with E-state index in [-0.39, 0.29) is 23.1 Å². The van der Waals surface area contributed by atoms with Gasteiger partial charge in [0.2, 0.25) is 0 Å². The normalized spacial score (nSPS) is 16.0. The van der Waals surface area contributed by atoms with E-state index in [0.29, 0.717) is 11.6 Å². The van der Waals surface area contributed by atoms with Crippen LogP contribution in [0.1, 0.15) is 40.7 Å². The molecule has 4 aromatic carbocycles. The second-order valence-electron chi connectivity index (χ2n) is 11.2. The van der Waals surface area contributed by atoms with Gasteiger partial charge in [0.15, 0.2) is 0 Å². The third-order valence-electron chi connectivity index (χ3n) is 7.68. The number of halogens is 8. The Morgan fingerprint density at radius 1 is 0.872 bits per heavy atom. The summed E-state index contributed by atoms with van der Waals surface area (Å²) in [5.41, 5.74) is -0.738. The maximum atomic E-state index is 15.2. The summed E-state index contributed by atoms with van der Waals surface area (Å²) < 4.78 is 116. The molecule has 0 heterocycles. The van der Waals surface area contributed by atoms with Crippen LogP contribution >= 0.6 is 0 Å². The van der Waals surface area contributed by atoms with Crippen molar-refractivity contribution in [1.82, 2.24) is 10.6 Å². The van der Waals surface area contributed by atoms with Gasteiger partial charge in [-0.3, -0.25) is 0 Å². The van der Waals surface area contributed by atoms with Crippen LogP contribution in [0, 0.1) is 11.6 Å². The lowest BCUT2D eigenvalue weighted by Gasteiger charge is -2.39. The number of alkyl halides is 6. The Morgan fingerprint density at radius 2 is 1.53 bits per heavy atom. The average Bonchev–Trinajstić information content (AvgIpc) is 3.00. The van der Waals surface area contributed by atoms with Gasteiger partial charge in [-0.05, 0) is 46.5 Å². The molecule has 4 aromatic rings. The fraction of sp³-hybridized carbons (Fsp3) is 0.229. The summed E-state index contributed by atoms with van der Waals surface area (Å²) in [6.07, 6.45) is -7.61. The molecule has 1 aliphatic rings. The van der Waals surface area contributed by atoms with Crippen LogP contribution in [0.25, 0.3) is 12.2 Å². The number of amides is 2. The van der Waals surface area contributed by atoms with E-state index in [1.165, 1.54) is 18.2 Å². The predicted octanol–water partition coefficient (Wildman–Crippen LogP) is 8.96. The van der Waals surface area contributed by atoms with Gasteiger partial charge in [0.1, 0.15) is 17.4 Å². The van der Waals surface area contributed by atoms with Gasteiger partial charge in [0.05, 0.1) is 5.54 Å². The van der Waals surface area contributed by atoms with Crippen molar-refractivity contribution < 1.29 is 44.7 Å². The third-order valence-corrected chi connectivity index (χ3v) is 7.68. The van der Waals surface area contributed by atoms with Gasteiger partial charge in [0, 0.05) is 36.9 Å². The quantitative estimate of drug-likeness (QED) is 0.125. The first-order chi connectivity index (χ1) is 22.2. The van der Waals surface area contributed by atoms with Crippen LogP contribution in [0.3, 0.4) is 0 Å². The Morgan fingerprint density at radius 3 is 2.17 bits per heavy atom. The van der Waals surface area contributed by atoms with E-state index in [1.54, 1.807) is 66.7 Å². The van der Waals surface area contributed by atoms with Gasteiger partial charge in [-0.2, -0.15) is 17.6 Å². The Labute approximate surface area is 265 Å². The van der Waals surface area contributed by atoms with Gasteiger partial charge in [-0.1, -0.05) is 78.9 Å². The fourth-order valence-corrected chi connectivity index (χ4v) is 5.40. The van der Waals surface area contributed by atoms with E-state index in [2.05, 4.69) is 15.4 Å². The molecule has 0 aliphatic heterocycles. The molecule has 0 bridgehead atoms. The van der Waals surface area contributed by atoms with Crippen LogP contribution in [0.2, 0.25) is 0 Å². The maximum absolute atomic E-state index is 15.2. The predicted molar refractivity (Wildman–Crippen MR) is 160 cm³/mol. The Balaban J connectivity index is 1.67. The molecule has 0 unspecified atom stereocenters. The summed E-state index contributed by atoms with van der Waals surface area (Å²) in [5, 5.41) is 5.14. The lowest BCUT2D eigenvalue weighted by molar-refractivity contribution is -0.253. The topological polar surface area (TPSA) is 50.4 Å². The van der Waals surface area contributed by atoms with Crippen molar-refractivity contribution in [2.75, 3.05) is 0 Å². The summed E-state index contributed by atoms with van der Waals surface area (Å²) in [7, 11) is 0. The number of benzene rings is 4. The molecule has 2 N–H and O–H groups in total. The Hall–Kier alpha value is -4.87. The van der Waals surface area contributed by atoms with E-state index in [9.17, 15) is 31.1 Å². The molecule has 1 saturated carbocycles. The molecule has 0 aromatic heterocycles. The van der Waals surface area contributed by atoms with E-state index >= 15 is 8.78 Å². The van der Waals surface area contributed by atoms with Crippen LogP contribution < -0.4 is 15.4 Å². The molecule has 47 heavy (non-hydrogen) atoms. The molecule has 5 rings (SSSR count). The second-order valence-corrected chi connectivity index (χ2v) is 11.2. The van der Waals surface area contributed by atoms with E-state index < -0.39 is 66.3 Å². The van der Waals surface area contributed by atoms with Crippen molar-refractivity contribution in [3.05, 3.63) is 137 Å². The molecule has 0 saturated heterocycles. The minimum absolute atomic E-state index is 0.0294. The van der Waals surface area contributed by atoms with Crippen LogP contribution in [0.15, 0.2) is 97.1 Å². The molecule has 0 spiro atoms. The largest absolute Gasteiger partial charge is 0.461 e. The zero-order valence-electron chi connectivity index (χ0n) is 24.5. The molecule has 1 aliphatic carbocycles. The molecule has 12 heteroatoms. The fourth-order valence-electron chi connectivity index (χ4n) is 5.40. The van der Waals surface area contributed by atoms with E-state index in [0.717, 1.165) is 23.8 Å². The Bertz CT molecular complexity index is 1730. The van der Waals surface area contributed by atoms with Crippen molar-refractivity contribution in [3.63, 3.8) is 0 Å². The SMILES string of the molecule is O=C(NC1CC(F)(F)C1)N[C@@](Cc1ccccc1)(c1cc(F)cc(OC(F)(F)C(F)F)c1)c1ccc(F)c(/C=C/c2ccccc2)c1. The highest BCUT2D eigenvalue weighted by Crippen LogP contribution is 2.40. The molecule has 246 valence electrons. The molecular weight excluding hydrogens is 632 g/mol. The number of ether oxygens (including phenoxy) is 1. The van der Waals surface area contributed by atoms with E-state index in [4.69, 9.17) is 0 Å². The molecule has 1 fully saturated rings. The van der Waals surface area contributed by atoms with E-state index in [1.807, 2.05) is 0 Å². The highest BCUT2D eigenvalue weighted by atomic mass is 19.3. The summed E-state index contributed by atoms with van der Waals surface area (Å²) in [4.78, 5) is 13.5. The summed E-state index contributed by atoms with van der Waals surface area (Å²) in [6, 6.07) is 21.3. The van der Waals surface area contributed by atoms with Gasteiger partial charge in [0.25, 0.3) is 5.92 Å². The lowest BCUT2D eigenvalue weighted by Crippen LogP contribution is -2.58. The Kier molecular flexibility index (Phi) is 9.60. The molecule has 0 radical (unpaired) electrons. The maximum Gasteiger partial charge on any atom is 0.461 e. The van der Waals surface area contributed by atoms with Crippen LogP contribution in [-0.4, -0.2) is 30.5 Å². The number of hydrogen-bond donors (Lipinski definition) is 2. The molecule has 1 atom stereocenters. The van der Waals surface area contributed by atoms with Gasteiger partial charge < -0.3 is 15.4 Å². The zero-order valence-corrected chi connectivity index (χ0v) is 24.5. The first-order valence-corrected chi connectivity index (χ1v) is 14.4. The first-order valence-electron chi connectivity index (χ1n) is 14.4. The van der Waals surface area contributed by atoms with Crippen LogP contribution in [0.5, 0.6) is 5.75 Å². The molecular formula is C35H28F8N2O2. The van der Waals surface area contributed by atoms with Crippen LogP contribution in [-0.2, 0) is 12.0 Å². The molecule has 4 nitrogen and oxygen atoms in total. The zero-order chi connectivity index (χ0) is 33.8. The minimum Gasteiger partial charge on any atom is -0.428 e. The highest BCUT2D eigenvalue weighted by molar-refractivity contribution is 5.77. The summed E-state index contributed by atoms with van der Waals surface area (Å²) in [5.74, 6) is -5.79. The number of carbonyl (C=O) groups excluding carboxylic acids is 1. The standard InChI is InChI=1S/C35H28F8N2O2/c36-27-16-26(17-29(18-27)47-35(42,43)31(38)39)34(19-23-9-5-2-6-10-23,45-32(46)44-28-20-33(40,41)21-28)25-13-14-30(37)24(15-25)12-11-22-7-3-1-4-8-22/h1-18,28,31H,19-21H2,(H2,44,45,46)/b12-11+/t34-/m1/s1. The van der Waals surface area contributed by atoms with Crippen molar-refractivity contribution >= 4 is 18.2 Å². The lowest BCUT2D eigenvalue weighted by atomic mass is 9.77. The van der Waals surface area contributed by atoms with Gasteiger partial charge in [-0.25, -0.2) is 22.4 Å². The summed E-state index contributed by atoms with van der Waals surface area (Å²) in [6.45, 7) is 0. The molecule has 2 amide bonds. The van der Waals surface area contributed by atoms with Crippen molar-refractivity contribution in [2.24, 2.45) is 0 Å².